The number of hydrogen-bond donors (Lipinski definition) is 3. The highest BCUT2D eigenvalue weighted by atomic mass is 31.2. The summed E-state index contributed by atoms with van der Waals surface area (Å²) in [6.07, 6.45) is -6.74. The van der Waals surface area contributed by atoms with E-state index >= 15 is 0 Å². The highest BCUT2D eigenvalue weighted by Crippen LogP contribution is 2.36. The normalized spacial score (nSPS) is 11.8. The fourth-order valence-electron chi connectivity index (χ4n) is 3.14. The third-order valence-electron chi connectivity index (χ3n) is 5.14. The first kappa shape index (κ1) is 31.8. The Morgan fingerprint density at radius 3 is 1.98 bits per heavy atom. The first-order valence-electron chi connectivity index (χ1n) is 11.3. The van der Waals surface area contributed by atoms with Gasteiger partial charge in [0.15, 0.2) is 11.4 Å². The number of para-hydroxylation sites is 2. The first-order valence-corrected chi connectivity index (χ1v) is 13.9. The van der Waals surface area contributed by atoms with Crippen LogP contribution >= 0.6 is 7.14 Å². The quantitative estimate of drug-likeness (QED) is 0.165. The van der Waals surface area contributed by atoms with Crippen LogP contribution in [0.2, 0.25) is 0 Å². The largest absolute Gasteiger partial charge is 0.490 e. The summed E-state index contributed by atoms with van der Waals surface area (Å²) in [5.74, 6) is -4.47. The number of carboxylic acid groups (broad SMARTS) is 2. The molecule has 2 aromatic carbocycles. The molecule has 3 N–H and O–H groups in total. The van der Waals surface area contributed by atoms with Gasteiger partial charge in [0.05, 0.1) is 11.0 Å². The van der Waals surface area contributed by atoms with Gasteiger partial charge in [0.25, 0.3) is 5.89 Å². The number of aliphatic carboxylic acids is 2. The van der Waals surface area contributed by atoms with E-state index in [0.29, 0.717) is 17.3 Å². The van der Waals surface area contributed by atoms with Crippen molar-refractivity contribution in [2.75, 3.05) is 13.3 Å². The number of aromatic nitrogens is 4. The Hall–Kier alpha value is -4.72. The van der Waals surface area contributed by atoms with E-state index < -0.39 is 31.4 Å². The van der Waals surface area contributed by atoms with Gasteiger partial charge in [-0.05, 0) is 49.2 Å². The van der Waals surface area contributed by atoms with Crippen LogP contribution in [0.15, 0.2) is 65.3 Å². The average Bonchev–Trinajstić information content (AvgIpc) is 3.52. The standard InChI is InChI=1S/C21H17N4O2P.2C2HF3O2/c1-28(2,26)15-9-14(11-22-12-15)13-7-8-18-19(10-13)27-21(25-18)20-23-16-5-3-4-6-17(16)24-20;2*3-2(4,5)1(6)7/h3-12H,1-2H3,(H,23,24);2*(H,6,7). The second-order valence-electron chi connectivity index (χ2n) is 8.69. The number of rotatable bonds is 3. The van der Waals surface area contributed by atoms with E-state index in [1.807, 2.05) is 48.5 Å². The number of alkyl halides is 6. The summed E-state index contributed by atoms with van der Waals surface area (Å²) >= 11 is 0. The number of carbonyl (C=O) groups is 2. The number of carboxylic acids is 2. The molecule has 0 bridgehead atoms. The zero-order valence-corrected chi connectivity index (χ0v) is 22.3. The second-order valence-corrected chi connectivity index (χ2v) is 11.9. The summed E-state index contributed by atoms with van der Waals surface area (Å²) in [7, 11) is -2.37. The topological polar surface area (TPSA) is 159 Å². The van der Waals surface area contributed by atoms with Crippen LogP contribution in [0, 0.1) is 0 Å². The Labute approximate surface area is 231 Å². The van der Waals surface area contributed by atoms with Crippen molar-refractivity contribution in [1.29, 1.82) is 0 Å². The summed E-state index contributed by atoms with van der Waals surface area (Å²) < 4.78 is 81.8. The molecule has 0 unspecified atom stereocenters. The van der Waals surface area contributed by atoms with Gasteiger partial charge in [-0.2, -0.15) is 26.3 Å². The van der Waals surface area contributed by atoms with Crippen molar-refractivity contribution in [1.82, 2.24) is 19.9 Å². The first-order chi connectivity index (χ1) is 19.4. The number of hydrogen-bond acceptors (Lipinski definition) is 7. The molecule has 0 saturated carbocycles. The van der Waals surface area contributed by atoms with E-state index in [0.717, 1.165) is 33.0 Å². The molecule has 0 aliphatic heterocycles. The van der Waals surface area contributed by atoms with Crippen LogP contribution in [0.25, 0.3) is 45.0 Å². The number of oxazole rings is 1. The van der Waals surface area contributed by atoms with Gasteiger partial charge in [0.1, 0.15) is 12.7 Å². The summed E-state index contributed by atoms with van der Waals surface area (Å²) in [5.41, 5.74) is 5.04. The molecule has 5 aromatic rings. The van der Waals surface area contributed by atoms with Gasteiger partial charge in [-0.1, -0.05) is 18.2 Å². The number of pyridine rings is 1. The maximum absolute atomic E-state index is 12.4. The molecular formula is C25H19F6N4O6P. The molecule has 0 amide bonds. The predicted molar refractivity (Wildman–Crippen MR) is 139 cm³/mol. The third kappa shape index (κ3) is 8.16. The number of H-pyrrole nitrogens is 1. The van der Waals surface area contributed by atoms with E-state index in [-0.39, 0.29) is 0 Å². The number of nitrogens with one attached hydrogen (secondary N) is 1. The molecule has 0 fully saturated rings. The molecule has 3 aromatic heterocycles. The van der Waals surface area contributed by atoms with E-state index in [9.17, 15) is 30.9 Å². The Morgan fingerprint density at radius 2 is 1.43 bits per heavy atom. The summed E-state index contributed by atoms with van der Waals surface area (Å²) in [6, 6.07) is 15.5. The highest BCUT2D eigenvalue weighted by Gasteiger charge is 2.38. The van der Waals surface area contributed by atoms with Crippen LogP contribution < -0.4 is 5.30 Å². The van der Waals surface area contributed by atoms with Crippen molar-refractivity contribution >= 4 is 46.5 Å². The van der Waals surface area contributed by atoms with Gasteiger partial charge in [-0.15, -0.1) is 0 Å². The highest BCUT2D eigenvalue weighted by molar-refractivity contribution is 7.70. The molecule has 17 heteroatoms. The summed E-state index contributed by atoms with van der Waals surface area (Å²) in [5, 5.41) is 15.0. The number of fused-ring (bicyclic) bond motifs is 2. The third-order valence-corrected chi connectivity index (χ3v) is 6.63. The van der Waals surface area contributed by atoms with E-state index in [1.54, 1.807) is 25.7 Å². The Balaban J connectivity index is 0.000000289. The zero-order valence-electron chi connectivity index (χ0n) is 21.4. The van der Waals surface area contributed by atoms with Crippen LogP contribution in [0.1, 0.15) is 0 Å². The lowest BCUT2D eigenvalue weighted by Gasteiger charge is -2.08. The van der Waals surface area contributed by atoms with Gasteiger partial charge < -0.3 is 24.2 Å². The van der Waals surface area contributed by atoms with Gasteiger partial charge >= 0.3 is 24.3 Å². The van der Waals surface area contributed by atoms with Crippen LogP contribution in [0.4, 0.5) is 26.3 Å². The Morgan fingerprint density at radius 1 is 0.833 bits per heavy atom. The molecule has 0 spiro atoms. The molecule has 0 aliphatic carbocycles. The molecule has 3 heterocycles. The monoisotopic (exact) mass is 616 g/mol. The van der Waals surface area contributed by atoms with E-state index in [4.69, 9.17) is 24.2 Å². The SMILES string of the molecule is CP(C)(=O)c1cncc(-c2ccc3nc(-c4nc5ccccc5[nH]4)oc3c2)c1.O=C(O)C(F)(F)F.O=C(O)C(F)(F)F. The van der Waals surface area contributed by atoms with Crippen LogP contribution in [0.3, 0.4) is 0 Å². The average molecular weight is 616 g/mol. The lowest BCUT2D eigenvalue weighted by Crippen LogP contribution is -2.21. The van der Waals surface area contributed by atoms with Crippen LogP contribution in [0.5, 0.6) is 0 Å². The number of benzene rings is 2. The molecule has 0 aliphatic rings. The number of halogens is 6. The minimum Gasteiger partial charge on any atom is -0.475 e. The maximum atomic E-state index is 12.4. The fraction of sp³-hybridized carbons (Fsp3) is 0.160. The van der Waals surface area contributed by atoms with Crippen LogP contribution in [-0.2, 0) is 14.2 Å². The van der Waals surface area contributed by atoms with Crippen molar-refractivity contribution < 1.29 is 55.1 Å². The Kier molecular flexibility index (Phi) is 9.11. The number of aromatic amines is 1. The molecule has 0 saturated heterocycles. The van der Waals surface area contributed by atoms with Gasteiger partial charge in [-0.3, -0.25) is 4.98 Å². The van der Waals surface area contributed by atoms with Crippen LogP contribution in [-0.4, -0.2) is 67.8 Å². The molecule has 222 valence electrons. The molecule has 0 atom stereocenters. The second kappa shape index (κ2) is 12.0. The molecule has 0 radical (unpaired) electrons. The minimum absolute atomic E-state index is 0.446. The van der Waals surface area contributed by atoms with Gasteiger partial charge in [0, 0.05) is 23.3 Å². The van der Waals surface area contributed by atoms with E-state index in [1.165, 1.54) is 0 Å². The zero-order chi connectivity index (χ0) is 31.5. The smallest absolute Gasteiger partial charge is 0.475 e. The summed E-state index contributed by atoms with van der Waals surface area (Å²) in [6.45, 7) is 3.49. The summed E-state index contributed by atoms with van der Waals surface area (Å²) in [4.78, 5) is 34.4. The lowest BCUT2D eigenvalue weighted by molar-refractivity contribution is -0.193. The molecule has 10 nitrogen and oxygen atoms in total. The van der Waals surface area contributed by atoms with Crippen molar-refractivity contribution in [3.8, 4) is 22.8 Å². The van der Waals surface area contributed by atoms with Crippen molar-refractivity contribution in [2.24, 2.45) is 0 Å². The minimum atomic E-state index is -5.08. The molecular weight excluding hydrogens is 597 g/mol. The van der Waals surface area contributed by atoms with Gasteiger partial charge in [-0.25, -0.2) is 19.6 Å². The molecule has 5 rings (SSSR count). The van der Waals surface area contributed by atoms with Crippen molar-refractivity contribution in [2.45, 2.75) is 12.4 Å². The maximum Gasteiger partial charge on any atom is 0.490 e. The predicted octanol–water partition coefficient (Wildman–Crippen LogP) is 5.95. The number of imidazole rings is 1. The van der Waals surface area contributed by atoms with Gasteiger partial charge in [0.2, 0.25) is 0 Å². The Bertz CT molecular complexity index is 1730. The van der Waals surface area contributed by atoms with E-state index in [2.05, 4.69) is 19.9 Å². The van der Waals surface area contributed by atoms with Crippen molar-refractivity contribution in [3.05, 3.63) is 60.9 Å². The van der Waals surface area contributed by atoms with Crippen molar-refractivity contribution in [3.63, 3.8) is 0 Å². The number of nitrogens with zero attached hydrogens (tertiary/aromatic N) is 3. The lowest BCUT2D eigenvalue weighted by atomic mass is 10.1. The molecule has 42 heavy (non-hydrogen) atoms. The fourth-order valence-corrected chi connectivity index (χ4v) is 3.93.